The Bertz CT molecular complexity index is 1680. The number of methoxy groups -OCH3 is 1. The second-order valence-electron chi connectivity index (χ2n) is 10.4. The zero-order valence-electron chi connectivity index (χ0n) is 23.0. The molecule has 0 bridgehead atoms. The largest absolute Gasteiger partial charge is 0.492 e. The van der Waals surface area contributed by atoms with Crippen LogP contribution in [0.4, 0.5) is 22.9 Å². The molecule has 11 heteroatoms. The molecule has 2 heterocycles. The summed E-state index contributed by atoms with van der Waals surface area (Å²) in [6.07, 6.45) is 2.52. The molecule has 204 valence electrons. The van der Waals surface area contributed by atoms with E-state index in [-0.39, 0.29) is 16.9 Å². The number of benzene rings is 2. The van der Waals surface area contributed by atoms with Gasteiger partial charge in [-0.1, -0.05) is 26.8 Å². The van der Waals surface area contributed by atoms with Crippen LogP contribution >= 0.6 is 0 Å². The molecule has 2 aromatic carbocycles. The molecule has 4 aromatic rings. The Morgan fingerprint density at radius 1 is 0.949 bits per heavy atom. The highest BCUT2D eigenvalue weighted by Gasteiger charge is 2.23. The van der Waals surface area contributed by atoms with Crippen LogP contribution in [-0.4, -0.2) is 42.6 Å². The summed E-state index contributed by atoms with van der Waals surface area (Å²) >= 11 is 0. The molecule has 2 aromatic heterocycles. The highest BCUT2D eigenvalue weighted by atomic mass is 32.2. The number of nitrogens with zero attached hydrogens (tertiary/aromatic N) is 3. The number of aryl methyl sites for hydroxylation is 2. The Morgan fingerprint density at radius 3 is 2.33 bits per heavy atom. The van der Waals surface area contributed by atoms with E-state index in [4.69, 9.17) is 4.74 Å². The van der Waals surface area contributed by atoms with Gasteiger partial charge in [-0.15, -0.1) is 0 Å². The van der Waals surface area contributed by atoms with Gasteiger partial charge >= 0.3 is 0 Å². The van der Waals surface area contributed by atoms with Crippen molar-refractivity contribution in [1.82, 2.24) is 15.0 Å². The van der Waals surface area contributed by atoms with Crippen molar-refractivity contribution in [2.45, 2.75) is 40.0 Å². The molecule has 0 saturated carbocycles. The molecule has 0 aliphatic carbocycles. The van der Waals surface area contributed by atoms with Gasteiger partial charge in [-0.05, 0) is 66.8 Å². The number of carbonyl (C=O) groups excluding carboxylic acids is 1. The van der Waals surface area contributed by atoms with E-state index in [1.54, 1.807) is 24.3 Å². The molecule has 0 saturated heterocycles. The van der Waals surface area contributed by atoms with Crippen LogP contribution in [0, 0.1) is 13.8 Å². The summed E-state index contributed by atoms with van der Waals surface area (Å²) in [5, 5.41) is 6.19. The first kappa shape index (κ1) is 27.8. The fourth-order valence-electron chi connectivity index (χ4n) is 4.00. The fraction of sp³-hybridized carbons (Fsp3) is 0.286. The summed E-state index contributed by atoms with van der Waals surface area (Å²) in [4.78, 5) is 26.6. The number of rotatable bonds is 7. The Labute approximate surface area is 228 Å². The van der Waals surface area contributed by atoms with E-state index >= 15 is 0 Å². The van der Waals surface area contributed by atoms with Crippen LogP contribution in [0.25, 0.3) is 11.0 Å². The quantitative estimate of drug-likeness (QED) is 0.283. The summed E-state index contributed by atoms with van der Waals surface area (Å²) in [5.41, 5.74) is 5.20. The summed E-state index contributed by atoms with van der Waals surface area (Å²) in [5.74, 6) is 0.343. The first-order valence-electron chi connectivity index (χ1n) is 12.2. The van der Waals surface area contributed by atoms with E-state index in [1.165, 1.54) is 13.4 Å². The van der Waals surface area contributed by atoms with E-state index in [2.05, 4.69) is 30.3 Å². The molecule has 3 N–H and O–H groups in total. The van der Waals surface area contributed by atoms with E-state index in [9.17, 15) is 13.2 Å². The Morgan fingerprint density at radius 2 is 1.67 bits per heavy atom. The minimum absolute atomic E-state index is 0.209. The first-order valence-corrected chi connectivity index (χ1v) is 14.1. The summed E-state index contributed by atoms with van der Waals surface area (Å²) < 4.78 is 32.1. The molecular formula is C28H32N6O4S. The fourth-order valence-corrected chi connectivity index (χ4v) is 4.55. The van der Waals surface area contributed by atoms with E-state index in [0.29, 0.717) is 33.8 Å². The third kappa shape index (κ3) is 6.43. The normalized spacial score (nSPS) is 11.8. The van der Waals surface area contributed by atoms with Crippen LogP contribution in [0.2, 0.25) is 0 Å². The Balaban J connectivity index is 1.71. The lowest BCUT2D eigenvalue weighted by Crippen LogP contribution is -2.18. The number of nitrogens with one attached hydrogen (secondary N) is 3. The third-order valence-corrected chi connectivity index (χ3v) is 6.67. The molecule has 0 spiro atoms. The minimum Gasteiger partial charge on any atom is -0.492 e. The average Bonchev–Trinajstić information content (AvgIpc) is 2.84. The van der Waals surface area contributed by atoms with Crippen molar-refractivity contribution in [2.24, 2.45) is 0 Å². The zero-order valence-corrected chi connectivity index (χ0v) is 23.8. The van der Waals surface area contributed by atoms with Crippen LogP contribution in [-0.2, 0) is 15.4 Å². The lowest BCUT2D eigenvalue weighted by Gasteiger charge is -2.24. The number of fused-ring (bicyclic) bond motifs is 1. The SMILES string of the molecule is COc1c(NC(=O)c2ccc(C)c(Nc3ncnc4ccc(C)nc34)c2)cc(C(C)(C)C)cc1NS(C)(=O)=O. The molecule has 4 rings (SSSR count). The van der Waals surface area contributed by atoms with Gasteiger partial charge in [0.1, 0.15) is 11.8 Å². The number of hydrogen-bond acceptors (Lipinski definition) is 8. The zero-order chi connectivity index (χ0) is 28.5. The monoisotopic (exact) mass is 548 g/mol. The highest BCUT2D eigenvalue weighted by molar-refractivity contribution is 7.92. The van der Waals surface area contributed by atoms with Gasteiger partial charge in [0.2, 0.25) is 10.0 Å². The lowest BCUT2D eigenvalue weighted by molar-refractivity contribution is 0.102. The second-order valence-corrected chi connectivity index (χ2v) is 12.1. The van der Waals surface area contributed by atoms with Crippen LogP contribution in [0.15, 0.2) is 48.8 Å². The number of hydrogen-bond donors (Lipinski definition) is 3. The lowest BCUT2D eigenvalue weighted by atomic mass is 9.86. The molecule has 0 aliphatic rings. The van der Waals surface area contributed by atoms with Gasteiger partial charge in [0.15, 0.2) is 11.6 Å². The van der Waals surface area contributed by atoms with Gasteiger partial charge in [-0.3, -0.25) is 9.52 Å². The molecule has 0 radical (unpaired) electrons. The van der Waals surface area contributed by atoms with Crippen LogP contribution in [0.3, 0.4) is 0 Å². The molecule has 0 aliphatic heterocycles. The van der Waals surface area contributed by atoms with Crippen LogP contribution in [0.5, 0.6) is 5.75 Å². The van der Waals surface area contributed by atoms with Crippen LogP contribution < -0.4 is 20.1 Å². The maximum Gasteiger partial charge on any atom is 0.255 e. The standard InChI is InChI=1S/C28H32N6O4S/c1-16-8-10-18(12-21(16)32-26-24-20(29-15-30-26)11-9-17(2)31-24)27(35)33-22-13-19(28(3,4)5)14-23(25(22)38-6)34-39(7,36)37/h8-15,34H,1-7H3,(H,33,35)(H,29,30,32). The number of aromatic nitrogens is 3. The summed E-state index contributed by atoms with van der Waals surface area (Å²) in [7, 11) is -2.17. The van der Waals surface area contributed by atoms with Gasteiger partial charge in [-0.25, -0.2) is 23.4 Å². The second kappa shape index (κ2) is 10.5. The van der Waals surface area contributed by atoms with Crippen molar-refractivity contribution in [3.8, 4) is 5.75 Å². The van der Waals surface area contributed by atoms with E-state index in [1.807, 2.05) is 52.8 Å². The molecule has 0 unspecified atom stereocenters. The predicted octanol–water partition coefficient (Wildman–Crippen LogP) is 5.32. The molecule has 39 heavy (non-hydrogen) atoms. The number of carbonyl (C=O) groups is 1. The highest BCUT2D eigenvalue weighted by Crippen LogP contribution is 2.39. The number of ether oxygens (including phenoxy) is 1. The minimum atomic E-state index is -3.59. The predicted molar refractivity (Wildman–Crippen MR) is 155 cm³/mol. The average molecular weight is 549 g/mol. The molecule has 0 fully saturated rings. The van der Waals surface area contributed by atoms with Crippen molar-refractivity contribution >= 4 is 49.8 Å². The molecular weight excluding hydrogens is 516 g/mol. The van der Waals surface area contributed by atoms with Gasteiger partial charge in [0, 0.05) is 16.9 Å². The summed E-state index contributed by atoms with van der Waals surface area (Å²) in [6.45, 7) is 9.80. The Hall–Kier alpha value is -4.25. The van der Waals surface area contributed by atoms with Gasteiger partial charge in [-0.2, -0.15) is 0 Å². The molecule has 0 atom stereocenters. The van der Waals surface area contributed by atoms with Gasteiger partial charge in [0.25, 0.3) is 5.91 Å². The maximum absolute atomic E-state index is 13.4. The topological polar surface area (TPSA) is 135 Å². The number of pyridine rings is 1. The van der Waals surface area contributed by atoms with E-state index in [0.717, 1.165) is 23.1 Å². The van der Waals surface area contributed by atoms with Crippen molar-refractivity contribution in [3.63, 3.8) is 0 Å². The van der Waals surface area contributed by atoms with Crippen molar-refractivity contribution in [3.05, 3.63) is 71.2 Å². The van der Waals surface area contributed by atoms with Gasteiger partial charge in [0.05, 0.1) is 30.3 Å². The van der Waals surface area contributed by atoms with Crippen molar-refractivity contribution in [2.75, 3.05) is 28.7 Å². The van der Waals surface area contributed by atoms with Crippen molar-refractivity contribution < 1.29 is 17.9 Å². The van der Waals surface area contributed by atoms with Gasteiger partial charge < -0.3 is 15.4 Å². The number of sulfonamides is 1. The molecule has 10 nitrogen and oxygen atoms in total. The number of amides is 1. The smallest absolute Gasteiger partial charge is 0.255 e. The van der Waals surface area contributed by atoms with Crippen LogP contribution in [0.1, 0.15) is 48.0 Å². The Kier molecular flexibility index (Phi) is 7.47. The third-order valence-electron chi connectivity index (χ3n) is 6.08. The van der Waals surface area contributed by atoms with Crippen molar-refractivity contribution in [1.29, 1.82) is 0 Å². The number of anilines is 4. The maximum atomic E-state index is 13.4. The first-order chi connectivity index (χ1) is 18.2. The molecule has 1 amide bonds. The summed E-state index contributed by atoms with van der Waals surface area (Å²) in [6, 6.07) is 12.5. The van der Waals surface area contributed by atoms with E-state index < -0.39 is 15.9 Å².